The fourth-order valence-corrected chi connectivity index (χ4v) is 4.80. The van der Waals surface area contributed by atoms with Crippen molar-refractivity contribution in [2.75, 3.05) is 24.2 Å². The highest BCUT2D eigenvalue weighted by atomic mass is 32.2. The number of aryl methyl sites for hydroxylation is 2. The lowest BCUT2D eigenvalue weighted by Gasteiger charge is -2.31. The van der Waals surface area contributed by atoms with Crippen LogP contribution < -0.4 is 9.62 Å². The predicted octanol–water partition coefficient (Wildman–Crippen LogP) is 3.40. The van der Waals surface area contributed by atoms with Gasteiger partial charge in [0.25, 0.3) is 0 Å². The van der Waals surface area contributed by atoms with Gasteiger partial charge in [0, 0.05) is 26.6 Å². The van der Waals surface area contributed by atoms with Gasteiger partial charge < -0.3 is 10.2 Å². The van der Waals surface area contributed by atoms with Gasteiger partial charge >= 0.3 is 0 Å². The van der Waals surface area contributed by atoms with Crippen LogP contribution in [0.5, 0.6) is 0 Å². The fraction of sp³-hybridized carbons (Fsp3) is 0.440. The first-order chi connectivity index (χ1) is 15.6. The van der Waals surface area contributed by atoms with Crippen molar-refractivity contribution in [3.8, 4) is 0 Å². The van der Waals surface area contributed by atoms with Crippen molar-refractivity contribution in [1.29, 1.82) is 0 Å². The van der Waals surface area contributed by atoms with Crippen molar-refractivity contribution >= 4 is 27.5 Å². The van der Waals surface area contributed by atoms with Gasteiger partial charge in [0.1, 0.15) is 6.04 Å². The van der Waals surface area contributed by atoms with Gasteiger partial charge in [-0.2, -0.15) is 0 Å². The predicted molar refractivity (Wildman–Crippen MR) is 132 cm³/mol. The third kappa shape index (κ3) is 7.32. The molecule has 2 aromatic rings. The average Bonchev–Trinajstić information content (AvgIpc) is 2.76. The molecule has 0 saturated heterocycles. The van der Waals surface area contributed by atoms with Gasteiger partial charge in [-0.15, -0.1) is 0 Å². The Labute approximate surface area is 197 Å². The smallest absolute Gasteiger partial charge is 0.242 e. The molecule has 0 fully saturated rings. The van der Waals surface area contributed by atoms with Crippen molar-refractivity contribution in [3.63, 3.8) is 0 Å². The molecular weight excluding hydrogens is 438 g/mol. The number of anilines is 1. The number of nitrogens with zero attached hydrogens (tertiary/aromatic N) is 2. The molecule has 0 aliphatic heterocycles. The molecule has 8 heteroatoms. The molecule has 0 aliphatic carbocycles. The van der Waals surface area contributed by atoms with Gasteiger partial charge in [-0.1, -0.05) is 43.3 Å². The summed E-state index contributed by atoms with van der Waals surface area (Å²) in [7, 11) is -1.94. The first-order valence-corrected chi connectivity index (χ1v) is 13.0. The van der Waals surface area contributed by atoms with Gasteiger partial charge in [0.2, 0.25) is 21.8 Å². The Hall–Kier alpha value is -2.87. The Balaban J connectivity index is 2.20. The van der Waals surface area contributed by atoms with E-state index in [-0.39, 0.29) is 24.8 Å². The third-order valence-corrected chi connectivity index (χ3v) is 6.87. The topological polar surface area (TPSA) is 86.8 Å². The number of hydrogen-bond donors (Lipinski definition) is 1. The molecule has 0 heterocycles. The summed E-state index contributed by atoms with van der Waals surface area (Å²) in [5.74, 6) is -0.386. The molecule has 0 unspecified atom stereocenters. The van der Waals surface area contributed by atoms with E-state index in [0.29, 0.717) is 25.1 Å². The van der Waals surface area contributed by atoms with Gasteiger partial charge in [0.15, 0.2) is 0 Å². The summed E-state index contributed by atoms with van der Waals surface area (Å²) in [5.41, 5.74) is 3.56. The largest absolute Gasteiger partial charge is 0.357 e. The molecule has 0 saturated carbocycles. The zero-order valence-electron chi connectivity index (χ0n) is 20.2. The second kappa shape index (κ2) is 11.8. The first kappa shape index (κ1) is 26.4. The van der Waals surface area contributed by atoms with Crippen LogP contribution in [0.15, 0.2) is 48.5 Å². The highest BCUT2D eigenvalue weighted by Gasteiger charge is 2.28. The van der Waals surface area contributed by atoms with Crippen molar-refractivity contribution in [3.05, 3.63) is 65.2 Å². The van der Waals surface area contributed by atoms with Crippen LogP contribution in [-0.4, -0.2) is 51.0 Å². The van der Waals surface area contributed by atoms with E-state index in [4.69, 9.17) is 0 Å². The Morgan fingerprint density at radius 3 is 2.33 bits per heavy atom. The zero-order valence-corrected chi connectivity index (χ0v) is 21.0. The van der Waals surface area contributed by atoms with Gasteiger partial charge in [-0.3, -0.25) is 13.9 Å². The first-order valence-electron chi connectivity index (χ1n) is 11.2. The minimum Gasteiger partial charge on any atom is -0.357 e. The second-order valence-electron chi connectivity index (χ2n) is 8.26. The molecule has 2 aromatic carbocycles. The molecule has 1 atom stereocenters. The summed E-state index contributed by atoms with van der Waals surface area (Å²) in [6.45, 7) is 6.26. The van der Waals surface area contributed by atoms with Crippen LogP contribution in [-0.2, 0) is 26.2 Å². The number of carbonyl (C=O) groups excluding carboxylic acids is 2. The highest BCUT2D eigenvalue weighted by molar-refractivity contribution is 7.92. The number of amides is 2. The maximum atomic E-state index is 13.3. The van der Waals surface area contributed by atoms with Crippen LogP contribution in [0.25, 0.3) is 0 Å². The number of sulfonamides is 1. The number of benzene rings is 2. The molecule has 0 aromatic heterocycles. The maximum Gasteiger partial charge on any atom is 0.242 e. The molecule has 180 valence electrons. The maximum absolute atomic E-state index is 13.3. The van der Waals surface area contributed by atoms with Crippen LogP contribution in [0.3, 0.4) is 0 Å². The third-order valence-electron chi connectivity index (χ3n) is 5.68. The van der Waals surface area contributed by atoms with E-state index in [1.54, 1.807) is 18.0 Å². The summed E-state index contributed by atoms with van der Waals surface area (Å²) >= 11 is 0. The van der Waals surface area contributed by atoms with Crippen molar-refractivity contribution in [2.45, 2.75) is 52.6 Å². The second-order valence-corrected chi connectivity index (χ2v) is 10.2. The average molecular weight is 474 g/mol. The van der Waals surface area contributed by atoms with E-state index in [1.807, 2.05) is 63.2 Å². The summed E-state index contributed by atoms with van der Waals surface area (Å²) < 4.78 is 26.1. The Bertz CT molecular complexity index is 1070. The van der Waals surface area contributed by atoms with Crippen LogP contribution in [0.2, 0.25) is 0 Å². The normalized spacial score (nSPS) is 12.2. The molecule has 7 nitrogen and oxygen atoms in total. The fourth-order valence-electron chi connectivity index (χ4n) is 3.84. The standard InChI is InChI=1S/C25H35N3O4S/c1-6-23(25(30)26-4)27(18-21-13-8-7-12-20(21)3)24(29)15-10-16-28(33(5,31)32)22-14-9-11-19(2)17-22/h7-9,11-14,17,23H,6,10,15-16,18H2,1-5H3,(H,26,30)/t23-/m0/s1. The molecule has 1 N–H and O–H groups in total. The van der Waals surface area contributed by atoms with Crippen LogP contribution in [0.1, 0.15) is 42.9 Å². The Morgan fingerprint density at radius 1 is 1.06 bits per heavy atom. The van der Waals surface area contributed by atoms with Crippen molar-refractivity contribution < 1.29 is 18.0 Å². The molecule has 0 spiro atoms. The minimum atomic E-state index is -3.50. The summed E-state index contributed by atoms with van der Waals surface area (Å²) in [5, 5.41) is 2.65. The van der Waals surface area contributed by atoms with E-state index >= 15 is 0 Å². The van der Waals surface area contributed by atoms with Crippen LogP contribution in [0, 0.1) is 13.8 Å². The van der Waals surface area contributed by atoms with Crippen LogP contribution >= 0.6 is 0 Å². The summed E-state index contributed by atoms with van der Waals surface area (Å²) in [6, 6.07) is 14.5. The lowest BCUT2D eigenvalue weighted by molar-refractivity contribution is -0.141. The number of carbonyl (C=O) groups is 2. The van der Waals surface area contributed by atoms with E-state index in [2.05, 4.69) is 5.32 Å². The number of likely N-dealkylation sites (N-methyl/N-ethyl adjacent to an activating group) is 1. The molecular formula is C25H35N3O4S. The molecule has 0 bridgehead atoms. The van der Waals surface area contributed by atoms with E-state index < -0.39 is 16.1 Å². The van der Waals surface area contributed by atoms with E-state index in [0.717, 1.165) is 16.7 Å². The molecule has 33 heavy (non-hydrogen) atoms. The highest BCUT2D eigenvalue weighted by Crippen LogP contribution is 2.21. The molecule has 0 radical (unpaired) electrons. The SMILES string of the molecule is CC[C@@H](C(=O)NC)N(Cc1ccccc1C)C(=O)CCCN(c1cccc(C)c1)S(C)(=O)=O. The molecule has 2 amide bonds. The quantitative estimate of drug-likeness (QED) is 0.542. The lowest BCUT2D eigenvalue weighted by Crippen LogP contribution is -2.48. The summed E-state index contributed by atoms with van der Waals surface area (Å²) in [4.78, 5) is 27.4. The number of nitrogens with one attached hydrogen (secondary N) is 1. The lowest BCUT2D eigenvalue weighted by atomic mass is 10.1. The van der Waals surface area contributed by atoms with Gasteiger partial charge in [0.05, 0.1) is 11.9 Å². The van der Waals surface area contributed by atoms with E-state index in [1.165, 1.54) is 10.6 Å². The Kier molecular flexibility index (Phi) is 9.46. The Morgan fingerprint density at radius 2 is 1.76 bits per heavy atom. The van der Waals surface area contributed by atoms with Gasteiger partial charge in [-0.05, 0) is 55.5 Å². The molecule has 0 aliphatic rings. The minimum absolute atomic E-state index is 0.136. The van der Waals surface area contributed by atoms with E-state index in [9.17, 15) is 18.0 Å². The monoisotopic (exact) mass is 473 g/mol. The number of hydrogen-bond acceptors (Lipinski definition) is 4. The van der Waals surface area contributed by atoms with Crippen molar-refractivity contribution in [1.82, 2.24) is 10.2 Å². The van der Waals surface area contributed by atoms with Gasteiger partial charge in [-0.25, -0.2) is 8.42 Å². The summed E-state index contributed by atoms with van der Waals surface area (Å²) in [6.07, 6.45) is 2.13. The molecule has 2 rings (SSSR count). The van der Waals surface area contributed by atoms with Crippen molar-refractivity contribution in [2.24, 2.45) is 0 Å². The van der Waals surface area contributed by atoms with Crippen LogP contribution in [0.4, 0.5) is 5.69 Å². The number of rotatable bonds is 11. The zero-order chi connectivity index (χ0) is 24.6.